The Morgan fingerprint density at radius 1 is 1.18 bits per heavy atom. The van der Waals surface area contributed by atoms with E-state index in [0.29, 0.717) is 12.0 Å². The highest BCUT2D eigenvalue weighted by Crippen LogP contribution is 2.25. The third kappa shape index (κ3) is 3.26. The second-order valence-corrected chi connectivity index (χ2v) is 7.13. The molecule has 0 radical (unpaired) electrons. The van der Waals surface area contributed by atoms with Crippen LogP contribution in [0.2, 0.25) is 0 Å². The van der Waals surface area contributed by atoms with E-state index in [1.165, 1.54) is 0 Å². The van der Waals surface area contributed by atoms with Crippen molar-refractivity contribution >= 4 is 28.4 Å². The van der Waals surface area contributed by atoms with E-state index in [4.69, 9.17) is 0 Å². The zero-order valence-corrected chi connectivity index (χ0v) is 16.3. The number of nitrogens with one attached hydrogen (secondary N) is 1. The number of aryl methyl sites for hydroxylation is 1. The van der Waals surface area contributed by atoms with Crippen LogP contribution >= 0.6 is 0 Å². The maximum Gasteiger partial charge on any atom is 0.227 e. The van der Waals surface area contributed by atoms with Crippen LogP contribution in [-0.4, -0.2) is 30.2 Å². The van der Waals surface area contributed by atoms with Crippen molar-refractivity contribution < 1.29 is 4.79 Å². The highest BCUT2D eigenvalue weighted by atomic mass is 16.1. The summed E-state index contributed by atoms with van der Waals surface area (Å²) in [6.45, 7) is 7.72. The number of benzene rings is 1. The minimum absolute atomic E-state index is 0.0100. The van der Waals surface area contributed by atoms with E-state index >= 15 is 0 Å². The van der Waals surface area contributed by atoms with Gasteiger partial charge >= 0.3 is 0 Å². The van der Waals surface area contributed by atoms with Crippen molar-refractivity contribution in [3.8, 4) is 11.3 Å². The molecule has 7 heteroatoms. The summed E-state index contributed by atoms with van der Waals surface area (Å²) in [5.74, 6) is 0.507. The largest absolute Gasteiger partial charge is 0.324 e. The number of aromatic nitrogens is 5. The smallest absolute Gasteiger partial charge is 0.227 e. The third-order valence-corrected chi connectivity index (χ3v) is 4.66. The van der Waals surface area contributed by atoms with Crippen LogP contribution in [0.4, 0.5) is 11.6 Å². The summed E-state index contributed by atoms with van der Waals surface area (Å²) in [6, 6.07) is 8.03. The van der Waals surface area contributed by atoms with Crippen LogP contribution in [0.15, 0.2) is 49.1 Å². The molecule has 3 heterocycles. The first-order chi connectivity index (χ1) is 13.4. The van der Waals surface area contributed by atoms with Crippen LogP contribution < -0.4 is 5.32 Å². The lowest BCUT2D eigenvalue weighted by Gasteiger charge is -2.09. The second kappa shape index (κ2) is 6.92. The number of nitrogens with zero attached hydrogens (tertiary/aromatic N) is 5. The standard InChI is InChI=1S/C21H22N6O/c1-13(2)27-12-17(11-23-27)20-14(3)10-22-21(25-20)24-18-5-6-19-16(9-18)7-8-26(19)15(4)28/h5-13H,1-4H3,(H,22,24,25). The Balaban J connectivity index is 1.65. The van der Waals surface area contributed by atoms with Crippen molar-refractivity contribution in [2.24, 2.45) is 0 Å². The van der Waals surface area contributed by atoms with Crippen molar-refractivity contribution in [1.29, 1.82) is 0 Å². The molecule has 1 aromatic carbocycles. The fourth-order valence-corrected chi connectivity index (χ4v) is 3.16. The van der Waals surface area contributed by atoms with E-state index in [9.17, 15) is 4.79 Å². The molecular weight excluding hydrogens is 352 g/mol. The van der Waals surface area contributed by atoms with Crippen molar-refractivity contribution in [1.82, 2.24) is 24.3 Å². The number of anilines is 2. The monoisotopic (exact) mass is 374 g/mol. The first-order valence-electron chi connectivity index (χ1n) is 9.19. The predicted octanol–water partition coefficient (Wildman–Crippen LogP) is 4.59. The van der Waals surface area contributed by atoms with Crippen LogP contribution in [-0.2, 0) is 0 Å². The van der Waals surface area contributed by atoms with E-state index in [-0.39, 0.29) is 5.91 Å². The molecule has 0 aliphatic carbocycles. The molecule has 0 fully saturated rings. The van der Waals surface area contributed by atoms with Gasteiger partial charge < -0.3 is 5.32 Å². The molecule has 28 heavy (non-hydrogen) atoms. The summed E-state index contributed by atoms with van der Waals surface area (Å²) >= 11 is 0. The molecule has 0 saturated carbocycles. The van der Waals surface area contributed by atoms with E-state index < -0.39 is 0 Å². The minimum atomic E-state index is -0.0100. The maximum atomic E-state index is 11.7. The van der Waals surface area contributed by atoms with Gasteiger partial charge in [0.2, 0.25) is 11.9 Å². The van der Waals surface area contributed by atoms with Crippen molar-refractivity contribution in [3.05, 3.63) is 54.6 Å². The molecule has 0 bridgehead atoms. The van der Waals surface area contributed by atoms with Crippen LogP contribution in [0.25, 0.3) is 22.2 Å². The molecule has 1 N–H and O–H groups in total. The van der Waals surface area contributed by atoms with Gasteiger partial charge in [-0.1, -0.05) is 0 Å². The van der Waals surface area contributed by atoms with E-state index in [1.54, 1.807) is 17.7 Å². The molecule has 7 nitrogen and oxygen atoms in total. The predicted molar refractivity (Wildman–Crippen MR) is 110 cm³/mol. The number of rotatable bonds is 4. The first-order valence-corrected chi connectivity index (χ1v) is 9.19. The lowest BCUT2D eigenvalue weighted by Crippen LogP contribution is -2.03. The molecule has 4 rings (SSSR count). The van der Waals surface area contributed by atoms with Gasteiger partial charge in [-0.05, 0) is 50.6 Å². The fraction of sp³-hybridized carbons (Fsp3) is 0.238. The van der Waals surface area contributed by atoms with Crippen LogP contribution in [0.1, 0.15) is 37.2 Å². The average Bonchev–Trinajstić information content (AvgIpc) is 3.30. The van der Waals surface area contributed by atoms with Gasteiger partial charge in [0.15, 0.2) is 0 Å². The molecule has 0 unspecified atom stereocenters. The Morgan fingerprint density at radius 2 is 2.00 bits per heavy atom. The quantitative estimate of drug-likeness (QED) is 0.565. The van der Waals surface area contributed by atoms with Crippen LogP contribution in [0, 0.1) is 6.92 Å². The van der Waals surface area contributed by atoms with Gasteiger partial charge in [0.25, 0.3) is 0 Å². The Bertz CT molecular complexity index is 1170. The number of fused-ring (bicyclic) bond motifs is 1. The number of carbonyl (C=O) groups excluding carboxylic acids is 1. The average molecular weight is 374 g/mol. The molecule has 142 valence electrons. The van der Waals surface area contributed by atoms with Gasteiger partial charge in [-0.25, -0.2) is 9.97 Å². The second-order valence-electron chi connectivity index (χ2n) is 7.13. The first kappa shape index (κ1) is 17.9. The Morgan fingerprint density at radius 3 is 2.71 bits per heavy atom. The van der Waals surface area contributed by atoms with Crippen molar-refractivity contribution in [3.63, 3.8) is 0 Å². The lowest BCUT2D eigenvalue weighted by atomic mass is 10.1. The summed E-state index contributed by atoms with van der Waals surface area (Å²) in [5.41, 5.74) is 4.55. The van der Waals surface area contributed by atoms with E-state index in [2.05, 4.69) is 34.2 Å². The zero-order valence-electron chi connectivity index (χ0n) is 16.3. The Labute approximate surface area is 163 Å². The van der Waals surface area contributed by atoms with Gasteiger partial charge in [0, 0.05) is 48.2 Å². The van der Waals surface area contributed by atoms with Gasteiger partial charge in [0.1, 0.15) is 0 Å². The van der Waals surface area contributed by atoms with Gasteiger partial charge in [-0.2, -0.15) is 5.10 Å². The number of carbonyl (C=O) groups is 1. The van der Waals surface area contributed by atoms with Crippen molar-refractivity contribution in [2.75, 3.05) is 5.32 Å². The summed E-state index contributed by atoms with van der Waals surface area (Å²) in [5, 5.41) is 8.64. The number of hydrogen-bond acceptors (Lipinski definition) is 5. The molecule has 0 saturated heterocycles. The summed E-state index contributed by atoms with van der Waals surface area (Å²) < 4.78 is 3.55. The van der Waals surface area contributed by atoms with Gasteiger partial charge in [-0.15, -0.1) is 0 Å². The molecule has 0 aliphatic heterocycles. The topological polar surface area (TPSA) is 77.6 Å². The van der Waals surface area contributed by atoms with Crippen molar-refractivity contribution in [2.45, 2.75) is 33.7 Å². The van der Waals surface area contributed by atoms with Gasteiger partial charge in [-0.3, -0.25) is 14.0 Å². The maximum absolute atomic E-state index is 11.7. The fourth-order valence-electron chi connectivity index (χ4n) is 3.16. The normalized spacial score (nSPS) is 11.3. The molecule has 0 aliphatic rings. The summed E-state index contributed by atoms with van der Waals surface area (Å²) in [7, 11) is 0. The SMILES string of the molecule is CC(=O)n1ccc2cc(Nc3ncc(C)c(-c4cnn(C(C)C)c4)n3)ccc21. The summed E-state index contributed by atoms with van der Waals surface area (Å²) in [4.78, 5) is 20.8. The van der Waals surface area contributed by atoms with E-state index in [1.807, 2.05) is 54.5 Å². The highest BCUT2D eigenvalue weighted by molar-refractivity contribution is 5.93. The molecule has 3 aromatic heterocycles. The van der Waals surface area contributed by atoms with Crippen LogP contribution in [0.3, 0.4) is 0 Å². The summed E-state index contributed by atoms with van der Waals surface area (Å²) in [6.07, 6.45) is 7.42. The van der Waals surface area contributed by atoms with Gasteiger partial charge in [0.05, 0.1) is 17.4 Å². The zero-order chi connectivity index (χ0) is 19.8. The molecule has 0 spiro atoms. The minimum Gasteiger partial charge on any atom is -0.324 e. The Hall–Kier alpha value is -3.48. The van der Waals surface area contributed by atoms with E-state index in [0.717, 1.165) is 33.4 Å². The molecular formula is C21H22N6O. The lowest BCUT2D eigenvalue weighted by molar-refractivity contribution is 0.0941. The Kier molecular flexibility index (Phi) is 4.43. The third-order valence-electron chi connectivity index (χ3n) is 4.66. The van der Waals surface area contributed by atoms with Crippen LogP contribution in [0.5, 0.6) is 0 Å². The molecule has 4 aromatic rings. The highest BCUT2D eigenvalue weighted by Gasteiger charge is 2.11. The molecule has 0 amide bonds. The molecule has 0 atom stereocenters. The number of hydrogen-bond donors (Lipinski definition) is 1.